The van der Waals surface area contributed by atoms with Gasteiger partial charge in [0.25, 0.3) is 0 Å². The summed E-state index contributed by atoms with van der Waals surface area (Å²) in [5.74, 6) is 0.743. The van der Waals surface area contributed by atoms with E-state index in [9.17, 15) is 0 Å². The van der Waals surface area contributed by atoms with Crippen LogP contribution in [0.15, 0.2) is 30.5 Å². The predicted octanol–water partition coefficient (Wildman–Crippen LogP) is 2.18. The lowest BCUT2D eigenvalue weighted by Crippen LogP contribution is -2.02. The molecule has 4 heteroatoms. The van der Waals surface area contributed by atoms with Crippen LogP contribution in [0.25, 0.3) is 0 Å². The van der Waals surface area contributed by atoms with Crippen molar-refractivity contribution in [3.05, 3.63) is 41.6 Å². The first-order valence-electron chi connectivity index (χ1n) is 5.80. The Morgan fingerprint density at radius 3 is 2.41 bits per heavy atom. The molecule has 0 aliphatic heterocycles. The van der Waals surface area contributed by atoms with Crippen LogP contribution >= 0.6 is 0 Å². The Hall–Kier alpha value is -1.97. The monoisotopic (exact) mass is 230 g/mol. The fraction of sp³-hybridized carbons (Fsp3) is 0.308. The van der Waals surface area contributed by atoms with Crippen LogP contribution in [0.2, 0.25) is 0 Å². The number of nitrogens with two attached hydrogens (primary N) is 1. The van der Waals surface area contributed by atoms with Crippen molar-refractivity contribution in [2.75, 3.05) is 11.1 Å². The highest BCUT2D eigenvalue weighted by molar-refractivity contribution is 5.59. The number of aryl methyl sites for hydroxylation is 2. The van der Waals surface area contributed by atoms with Gasteiger partial charge >= 0.3 is 0 Å². The molecule has 1 aromatic carbocycles. The highest BCUT2D eigenvalue weighted by Gasteiger charge is 2.03. The molecule has 90 valence electrons. The van der Waals surface area contributed by atoms with Crippen molar-refractivity contribution in [2.45, 2.75) is 19.9 Å². The van der Waals surface area contributed by atoms with Gasteiger partial charge in [0.15, 0.2) is 5.82 Å². The van der Waals surface area contributed by atoms with Crippen molar-refractivity contribution in [2.24, 2.45) is 7.05 Å². The van der Waals surface area contributed by atoms with Crippen LogP contribution in [0.5, 0.6) is 0 Å². The highest BCUT2D eigenvalue weighted by atomic mass is 15.3. The minimum Gasteiger partial charge on any atom is -0.394 e. The molecule has 17 heavy (non-hydrogen) atoms. The summed E-state index contributed by atoms with van der Waals surface area (Å²) in [7, 11) is 1.86. The second-order valence-electron chi connectivity index (χ2n) is 4.13. The van der Waals surface area contributed by atoms with Crippen molar-refractivity contribution < 1.29 is 0 Å². The fourth-order valence-electron chi connectivity index (χ4n) is 1.72. The van der Waals surface area contributed by atoms with Gasteiger partial charge in [0.1, 0.15) is 0 Å². The molecule has 0 radical (unpaired) electrons. The van der Waals surface area contributed by atoms with Gasteiger partial charge in [0.2, 0.25) is 0 Å². The van der Waals surface area contributed by atoms with Gasteiger partial charge in [-0.05, 0) is 17.5 Å². The van der Waals surface area contributed by atoms with Crippen LogP contribution in [0.3, 0.4) is 0 Å². The largest absolute Gasteiger partial charge is 0.394 e. The summed E-state index contributed by atoms with van der Waals surface area (Å²) >= 11 is 0. The van der Waals surface area contributed by atoms with Crippen molar-refractivity contribution in [3.63, 3.8) is 0 Å². The van der Waals surface area contributed by atoms with Gasteiger partial charge in [-0.15, -0.1) is 0 Å². The van der Waals surface area contributed by atoms with Gasteiger partial charge in [0, 0.05) is 19.8 Å². The lowest BCUT2D eigenvalue weighted by atomic mass is 10.1. The minimum atomic E-state index is 0.678. The highest BCUT2D eigenvalue weighted by Crippen LogP contribution is 2.15. The number of benzene rings is 1. The topological polar surface area (TPSA) is 55.9 Å². The maximum atomic E-state index is 5.81. The first-order chi connectivity index (χ1) is 8.19. The molecule has 0 aliphatic carbocycles. The second kappa shape index (κ2) is 4.91. The molecule has 1 aromatic heterocycles. The summed E-state index contributed by atoms with van der Waals surface area (Å²) < 4.78 is 1.71. The Morgan fingerprint density at radius 1 is 1.24 bits per heavy atom. The van der Waals surface area contributed by atoms with E-state index in [0.29, 0.717) is 5.69 Å². The summed E-state index contributed by atoms with van der Waals surface area (Å²) in [4.78, 5) is 0. The van der Waals surface area contributed by atoms with Crippen LogP contribution in [0, 0.1) is 0 Å². The van der Waals surface area contributed by atoms with Crippen LogP contribution in [-0.4, -0.2) is 9.78 Å². The van der Waals surface area contributed by atoms with E-state index in [2.05, 4.69) is 41.6 Å². The van der Waals surface area contributed by atoms with Crippen LogP contribution in [0.4, 0.5) is 11.5 Å². The number of aromatic nitrogens is 2. The number of nitrogens with one attached hydrogen (secondary N) is 1. The lowest BCUT2D eigenvalue weighted by molar-refractivity contribution is 0.768. The normalized spacial score (nSPS) is 10.5. The lowest BCUT2D eigenvalue weighted by Gasteiger charge is -2.05. The Labute approximate surface area is 101 Å². The van der Waals surface area contributed by atoms with E-state index in [-0.39, 0.29) is 0 Å². The van der Waals surface area contributed by atoms with E-state index >= 15 is 0 Å². The average molecular weight is 230 g/mol. The molecule has 0 bridgehead atoms. The zero-order chi connectivity index (χ0) is 12.3. The third-order valence-corrected chi connectivity index (χ3v) is 2.75. The molecule has 3 N–H and O–H groups in total. The third kappa shape index (κ3) is 2.78. The number of nitrogen functional groups attached to an aromatic ring is 1. The number of hydrogen-bond donors (Lipinski definition) is 2. The summed E-state index contributed by atoms with van der Waals surface area (Å²) in [5, 5.41) is 7.47. The Morgan fingerprint density at radius 2 is 1.88 bits per heavy atom. The van der Waals surface area contributed by atoms with Gasteiger partial charge in [-0.3, -0.25) is 4.68 Å². The van der Waals surface area contributed by atoms with E-state index in [0.717, 1.165) is 18.8 Å². The first-order valence-corrected chi connectivity index (χ1v) is 5.80. The van der Waals surface area contributed by atoms with Crippen LogP contribution < -0.4 is 11.1 Å². The number of nitrogens with zero attached hydrogens (tertiary/aromatic N) is 2. The predicted molar refractivity (Wildman–Crippen MR) is 70.8 cm³/mol. The number of hydrogen-bond acceptors (Lipinski definition) is 3. The zero-order valence-corrected chi connectivity index (χ0v) is 10.3. The summed E-state index contributed by atoms with van der Waals surface area (Å²) in [6, 6.07) is 8.56. The van der Waals surface area contributed by atoms with E-state index in [4.69, 9.17) is 5.73 Å². The van der Waals surface area contributed by atoms with Crippen molar-refractivity contribution in [1.82, 2.24) is 9.78 Å². The standard InChI is InChI=1S/C13H18N4/c1-3-10-4-6-11(7-5-10)8-15-13-12(14)9-17(2)16-13/h4-7,9H,3,8,14H2,1-2H3,(H,15,16). The van der Waals surface area contributed by atoms with Crippen LogP contribution in [0.1, 0.15) is 18.1 Å². The molecule has 1 heterocycles. The van der Waals surface area contributed by atoms with Gasteiger partial charge < -0.3 is 11.1 Å². The fourth-order valence-corrected chi connectivity index (χ4v) is 1.72. The van der Waals surface area contributed by atoms with E-state index in [1.165, 1.54) is 11.1 Å². The van der Waals surface area contributed by atoms with Crippen molar-refractivity contribution in [1.29, 1.82) is 0 Å². The van der Waals surface area contributed by atoms with Gasteiger partial charge in [-0.25, -0.2) is 0 Å². The minimum absolute atomic E-state index is 0.678. The van der Waals surface area contributed by atoms with Crippen molar-refractivity contribution in [3.8, 4) is 0 Å². The summed E-state index contributed by atoms with van der Waals surface area (Å²) in [6.45, 7) is 2.90. The molecule has 0 unspecified atom stereocenters. The molecular weight excluding hydrogens is 212 g/mol. The molecule has 0 aliphatic rings. The molecule has 2 aromatic rings. The van der Waals surface area contributed by atoms with E-state index in [1.807, 2.05) is 7.05 Å². The SMILES string of the molecule is CCc1ccc(CNc2nn(C)cc2N)cc1. The smallest absolute Gasteiger partial charge is 0.171 e. The number of anilines is 2. The maximum Gasteiger partial charge on any atom is 0.171 e. The molecule has 0 saturated heterocycles. The Bertz CT molecular complexity index is 485. The quantitative estimate of drug-likeness (QED) is 0.846. The van der Waals surface area contributed by atoms with Gasteiger partial charge in [0.05, 0.1) is 5.69 Å². The van der Waals surface area contributed by atoms with E-state index in [1.54, 1.807) is 10.9 Å². The van der Waals surface area contributed by atoms with Gasteiger partial charge in [-0.2, -0.15) is 5.10 Å². The molecule has 4 nitrogen and oxygen atoms in total. The zero-order valence-electron chi connectivity index (χ0n) is 10.3. The Kier molecular flexibility index (Phi) is 3.32. The Balaban J connectivity index is 1.99. The molecule has 0 atom stereocenters. The summed E-state index contributed by atoms with van der Waals surface area (Å²) in [5.41, 5.74) is 9.07. The molecule has 0 spiro atoms. The molecular formula is C13H18N4. The van der Waals surface area contributed by atoms with Gasteiger partial charge in [-0.1, -0.05) is 31.2 Å². The third-order valence-electron chi connectivity index (χ3n) is 2.75. The molecule has 0 saturated carbocycles. The summed E-state index contributed by atoms with van der Waals surface area (Å²) in [6.07, 6.45) is 2.86. The molecule has 0 amide bonds. The first kappa shape index (κ1) is 11.5. The molecule has 2 rings (SSSR count). The second-order valence-corrected chi connectivity index (χ2v) is 4.13. The molecule has 0 fully saturated rings. The average Bonchev–Trinajstić information content (AvgIpc) is 2.66. The van der Waals surface area contributed by atoms with Crippen LogP contribution in [-0.2, 0) is 20.0 Å². The maximum absolute atomic E-state index is 5.81. The number of rotatable bonds is 4. The van der Waals surface area contributed by atoms with E-state index < -0.39 is 0 Å². The van der Waals surface area contributed by atoms with Crippen molar-refractivity contribution >= 4 is 11.5 Å².